The fourth-order valence-corrected chi connectivity index (χ4v) is 3.33. The zero-order valence-electron chi connectivity index (χ0n) is 16.6. The highest BCUT2D eigenvalue weighted by Crippen LogP contribution is 2.30. The largest absolute Gasteiger partial charge is 0.486 e. The number of carbonyl (C=O) groups is 2. The van der Waals surface area contributed by atoms with Gasteiger partial charge in [0.15, 0.2) is 11.6 Å². The van der Waals surface area contributed by atoms with Gasteiger partial charge in [0.2, 0.25) is 12.2 Å². The molecule has 2 N–H and O–H groups in total. The molecule has 3 aromatic rings. The minimum absolute atomic E-state index is 0.130. The van der Waals surface area contributed by atoms with E-state index in [2.05, 4.69) is 25.6 Å². The number of rotatable bonds is 8. The van der Waals surface area contributed by atoms with Gasteiger partial charge in [0.25, 0.3) is 5.91 Å². The fourth-order valence-electron chi connectivity index (χ4n) is 3.33. The summed E-state index contributed by atoms with van der Waals surface area (Å²) in [7, 11) is 0. The van der Waals surface area contributed by atoms with E-state index in [1.165, 1.54) is 0 Å². The van der Waals surface area contributed by atoms with Crippen LogP contribution in [-0.4, -0.2) is 56.5 Å². The molecule has 0 saturated carbocycles. The molecule has 1 unspecified atom stereocenters. The van der Waals surface area contributed by atoms with E-state index < -0.39 is 0 Å². The van der Waals surface area contributed by atoms with Crippen LogP contribution < -0.4 is 15.0 Å². The molecule has 30 heavy (non-hydrogen) atoms. The van der Waals surface area contributed by atoms with Gasteiger partial charge in [-0.3, -0.25) is 14.5 Å². The number of benzene rings is 1. The quantitative estimate of drug-likeness (QED) is 0.539. The molecule has 0 bridgehead atoms. The first-order valence-corrected chi connectivity index (χ1v) is 9.81. The maximum Gasteiger partial charge on any atom is 0.289 e. The molecule has 0 radical (unpaired) electrons. The Labute approximate surface area is 173 Å². The molecule has 0 spiro atoms. The average Bonchev–Trinajstić information content (AvgIpc) is 3.40. The van der Waals surface area contributed by atoms with E-state index in [9.17, 15) is 9.59 Å². The Hall–Kier alpha value is -3.69. The van der Waals surface area contributed by atoms with E-state index in [0.717, 1.165) is 12.0 Å². The summed E-state index contributed by atoms with van der Waals surface area (Å²) >= 11 is 0. The molecule has 2 amide bonds. The molecule has 1 aliphatic rings. The predicted octanol–water partition coefficient (Wildman–Crippen LogP) is 1.16. The van der Waals surface area contributed by atoms with Gasteiger partial charge in [0, 0.05) is 19.0 Å². The third kappa shape index (κ3) is 4.32. The topological polar surface area (TPSA) is 118 Å². The number of aromatic amines is 1. The van der Waals surface area contributed by atoms with Crippen molar-refractivity contribution in [2.24, 2.45) is 0 Å². The summed E-state index contributed by atoms with van der Waals surface area (Å²) in [5.74, 6) is 1.75. The van der Waals surface area contributed by atoms with E-state index in [1.807, 2.05) is 37.3 Å². The molecular formula is C20H23N7O3. The minimum atomic E-state index is -0.311. The number of H-pyrrole nitrogens is 1. The molecule has 0 fully saturated rings. The number of hydrogen-bond donors (Lipinski definition) is 2. The number of fused-ring (bicyclic) bond motifs is 1. The summed E-state index contributed by atoms with van der Waals surface area (Å²) < 4.78 is 7.26. The van der Waals surface area contributed by atoms with Gasteiger partial charge < -0.3 is 15.0 Å². The summed E-state index contributed by atoms with van der Waals surface area (Å²) in [4.78, 5) is 28.3. The Morgan fingerprint density at radius 2 is 2.17 bits per heavy atom. The molecule has 10 nitrogen and oxygen atoms in total. The number of hydrogen-bond acceptors (Lipinski definition) is 6. The number of anilines is 1. The summed E-state index contributed by atoms with van der Waals surface area (Å²) in [5.41, 5.74) is 1.09. The van der Waals surface area contributed by atoms with Crippen LogP contribution in [0.4, 0.5) is 5.82 Å². The molecule has 3 heterocycles. The number of nitrogens with one attached hydrogen (secondary N) is 2. The number of carbonyl (C=O) groups excluding carboxylic acids is 2. The summed E-state index contributed by atoms with van der Waals surface area (Å²) in [6.07, 6.45) is 3.59. The molecule has 2 aromatic heterocycles. The Morgan fingerprint density at radius 1 is 1.33 bits per heavy atom. The maximum atomic E-state index is 12.5. The van der Waals surface area contributed by atoms with Crippen molar-refractivity contribution in [3.05, 3.63) is 53.7 Å². The first-order valence-electron chi connectivity index (χ1n) is 9.81. The lowest BCUT2D eigenvalue weighted by atomic mass is 10.1. The van der Waals surface area contributed by atoms with E-state index in [4.69, 9.17) is 4.74 Å². The highest BCUT2D eigenvalue weighted by molar-refractivity contribution is 5.90. The van der Waals surface area contributed by atoms with Crippen molar-refractivity contribution in [1.82, 2.24) is 30.3 Å². The molecule has 0 aliphatic carbocycles. The highest BCUT2D eigenvalue weighted by Gasteiger charge is 2.23. The molecule has 0 saturated heterocycles. The van der Waals surface area contributed by atoms with Crippen LogP contribution in [0.5, 0.6) is 5.75 Å². The van der Waals surface area contributed by atoms with Crippen molar-refractivity contribution in [3.8, 4) is 5.75 Å². The Bertz CT molecular complexity index is 1010. The number of aromatic nitrogens is 5. The number of aryl methyl sites for hydroxylation is 1. The zero-order valence-corrected chi connectivity index (χ0v) is 16.6. The van der Waals surface area contributed by atoms with Crippen LogP contribution >= 0.6 is 0 Å². The molecule has 4 rings (SSSR count). The molecule has 1 aromatic carbocycles. The monoisotopic (exact) mass is 409 g/mol. The fraction of sp³-hybridized carbons (Fsp3) is 0.350. The second kappa shape index (κ2) is 8.76. The predicted molar refractivity (Wildman–Crippen MR) is 108 cm³/mol. The van der Waals surface area contributed by atoms with Gasteiger partial charge in [-0.05, 0) is 18.9 Å². The van der Waals surface area contributed by atoms with Crippen molar-refractivity contribution in [2.45, 2.75) is 32.4 Å². The maximum absolute atomic E-state index is 12.5. The summed E-state index contributed by atoms with van der Waals surface area (Å²) in [5, 5.41) is 15.2. The van der Waals surface area contributed by atoms with Gasteiger partial charge in [0.05, 0.1) is 12.7 Å². The van der Waals surface area contributed by atoms with Gasteiger partial charge in [-0.25, -0.2) is 4.68 Å². The SMILES string of the molecule is CC(CCn1ncc2c1N(C=O)CCO2)NC(=O)c1nnc(Cc2ccccc2)[nH]1. The van der Waals surface area contributed by atoms with Crippen LogP contribution in [0.3, 0.4) is 0 Å². The van der Waals surface area contributed by atoms with Gasteiger partial charge in [0.1, 0.15) is 12.4 Å². The van der Waals surface area contributed by atoms with Crippen LogP contribution in [0.2, 0.25) is 0 Å². The highest BCUT2D eigenvalue weighted by atomic mass is 16.5. The molecule has 1 aliphatic heterocycles. The lowest BCUT2D eigenvalue weighted by molar-refractivity contribution is -0.107. The average molecular weight is 409 g/mol. The zero-order chi connectivity index (χ0) is 20.9. The first-order chi connectivity index (χ1) is 14.6. The van der Waals surface area contributed by atoms with Gasteiger partial charge in [-0.2, -0.15) is 5.10 Å². The normalized spacial score (nSPS) is 14.0. The van der Waals surface area contributed by atoms with Gasteiger partial charge in [-0.1, -0.05) is 30.3 Å². The molecular weight excluding hydrogens is 386 g/mol. The minimum Gasteiger partial charge on any atom is -0.486 e. The summed E-state index contributed by atoms with van der Waals surface area (Å²) in [6.45, 7) is 3.38. The third-order valence-electron chi connectivity index (χ3n) is 4.88. The Morgan fingerprint density at radius 3 is 2.97 bits per heavy atom. The smallest absolute Gasteiger partial charge is 0.289 e. The molecule has 10 heteroatoms. The van der Waals surface area contributed by atoms with Crippen molar-refractivity contribution in [3.63, 3.8) is 0 Å². The standard InChI is InChI=1S/C20H23N7O3/c1-14(7-8-27-20-16(12-21-27)30-10-9-26(20)13-28)22-19(29)18-23-17(24-25-18)11-15-5-3-2-4-6-15/h2-6,12-14H,7-11H2,1H3,(H,22,29)(H,23,24,25). The second-order valence-electron chi connectivity index (χ2n) is 7.15. The number of amides is 2. The van der Waals surface area contributed by atoms with Crippen molar-refractivity contribution in [2.75, 3.05) is 18.1 Å². The van der Waals surface area contributed by atoms with Crippen LogP contribution in [0.1, 0.15) is 35.4 Å². The van der Waals surface area contributed by atoms with Crippen molar-refractivity contribution < 1.29 is 14.3 Å². The van der Waals surface area contributed by atoms with Crippen LogP contribution in [0, 0.1) is 0 Å². The number of nitrogens with zero attached hydrogens (tertiary/aromatic N) is 5. The van der Waals surface area contributed by atoms with Crippen LogP contribution in [-0.2, 0) is 17.8 Å². The Kier molecular flexibility index (Phi) is 5.73. The van der Waals surface area contributed by atoms with Crippen LogP contribution in [0.15, 0.2) is 36.5 Å². The lowest BCUT2D eigenvalue weighted by Gasteiger charge is -2.25. The van der Waals surface area contributed by atoms with E-state index >= 15 is 0 Å². The van der Waals surface area contributed by atoms with Crippen molar-refractivity contribution in [1.29, 1.82) is 0 Å². The van der Waals surface area contributed by atoms with Gasteiger partial charge >= 0.3 is 0 Å². The Balaban J connectivity index is 1.32. The second-order valence-corrected chi connectivity index (χ2v) is 7.15. The molecule has 156 valence electrons. The van der Waals surface area contributed by atoms with Gasteiger partial charge in [-0.15, -0.1) is 10.2 Å². The van der Waals surface area contributed by atoms with Crippen molar-refractivity contribution >= 4 is 18.1 Å². The van der Waals surface area contributed by atoms with E-state index in [-0.39, 0.29) is 17.8 Å². The first kappa shape index (κ1) is 19.6. The van der Waals surface area contributed by atoms with E-state index in [0.29, 0.717) is 49.9 Å². The van der Waals surface area contributed by atoms with Crippen LogP contribution in [0.25, 0.3) is 0 Å². The lowest BCUT2D eigenvalue weighted by Crippen LogP contribution is -2.35. The summed E-state index contributed by atoms with van der Waals surface area (Å²) in [6, 6.07) is 9.72. The number of ether oxygens (including phenoxy) is 1. The third-order valence-corrected chi connectivity index (χ3v) is 4.88. The van der Waals surface area contributed by atoms with E-state index in [1.54, 1.807) is 15.8 Å². The molecule has 1 atom stereocenters.